The van der Waals surface area contributed by atoms with Gasteiger partial charge < -0.3 is 16.4 Å². The normalized spacial score (nSPS) is 14.1. The highest BCUT2D eigenvalue weighted by atomic mass is 16.2. The second-order valence-electron chi connectivity index (χ2n) is 4.42. The Morgan fingerprint density at radius 1 is 1.29 bits per heavy atom. The van der Waals surface area contributed by atoms with Crippen molar-refractivity contribution in [2.24, 2.45) is 11.5 Å². The van der Waals surface area contributed by atoms with Crippen molar-refractivity contribution in [1.82, 2.24) is 4.90 Å². The number of rotatable bonds is 8. The Morgan fingerprint density at radius 3 is 2.29 bits per heavy atom. The standard InChI is InChI=1S/C12H25N3O2/c1-4-6-7-15(9(3)5-2)12(17)10(13)8-11(14)16/h9-10H,4-8,13H2,1-3H3,(H2,14,16). The number of nitrogens with two attached hydrogens (primary N) is 2. The highest BCUT2D eigenvalue weighted by Gasteiger charge is 2.24. The zero-order valence-electron chi connectivity index (χ0n) is 11.1. The highest BCUT2D eigenvalue weighted by molar-refractivity contribution is 5.87. The van der Waals surface area contributed by atoms with Crippen LogP contribution in [0.1, 0.15) is 46.5 Å². The van der Waals surface area contributed by atoms with Gasteiger partial charge in [-0.05, 0) is 19.8 Å². The Kier molecular flexibility index (Phi) is 7.54. The molecule has 4 N–H and O–H groups in total. The molecule has 2 amide bonds. The first-order valence-electron chi connectivity index (χ1n) is 6.28. The first-order valence-corrected chi connectivity index (χ1v) is 6.28. The van der Waals surface area contributed by atoms with E-state index in [9.17, 15) is 9.59 Å². The van der Waals surface area contributed by atoms with Crippen molar-refractivity contribution in [3.63, 3.8) is 0 Å². The Hall–Kier alpha value is -1.10. The third-order valence-corrected chi connectivity index (χ3v) is 2.90. The van der Waals surface area contributed by atoms with Crippen molar-refractivity contribution in [1.29, 1.82) is 0 Å². The van der Waals surface area contributed by atoms with Crippen LogP contribution in [0.4, 0.5) is 0 Å². The fourth-order valence-electron chi connectivity index (χ4n) is 1.61. The number of carbonyl (C=O) groups is 2. The van der Waals surface area contributed by atoms with Gasteiger partial charge in [0.25, 0.3) is 0 Å². The molecule has 0 radical (unpaired) electrons. The lowest BCUT2D eigenvalue weighted by molar-refractivity contribution is -0.136. The summed E-state index contributed by atoms with van der Waals surface area (Å²) in [6.45, 7) is 6.78. The van der Waals surface area contributed by atoms with Gasteiger partial charge in [0.1, 0.15) is 0 Å². The molecule has 0 aromatic heterocycles. The number of amides is 2. The SMILES string of the molecule is CCCCN(C(=O)C(N)CC(N)=O)C(C)CC. The quantitative estimate of drug-likeness (QED) is 0.654. The van der Waals surface area contributed by atoms with Gasteiger partial charge in [0.05, 0.1) is 12.5 Å². The average Bonchev–Trinajstić information content (AvgIpc) is 2.27. The number of hydrogen-bond donors (Lipinski definition) is 2. The van der Waals surface area contributed by atoms with Crippen molar-refractivity contribution in [3.8, 4) is 0 Å². The predicted molar refractivity (Wildman–Crippen MR) is 68.2 cm³/mol. The van der Waals surface area contributed by atoms with Crippen LogP contribution in [-0.4, -0.2) is 35.3 Å². The van der Waals surface area contributed by atoms with Crippen LogP contribution in [0.25, 0.3) is 0 Å². The van der Waals surface area contributed by atoms with Gasteiger partial charge >= 0.3 is 0 Å². The van der Waals surface area contributed by atoms with Crippen molar-refractivity contribution >= 4 is 11.8 Å². The Morgan fingerprint density at radius 2 is 1.88 bits per heavy atom. The fraction of sp³-hybridized carbons (Fsp3) is 0.833. The second-order valence-corrected chi connectivity index (χ2v) is 4.42. The molecule has 0 aliphatic rings. The lowest BCUT2D eigenvalue weighted by atomic mass is 10.1. The zero-order chi connectivity index (χ0) is 13.4. The molecule has 2 atom stereocenters. The van der Waals surface area contributed by atoms with E-state index >= 15 is 0 Å². The van der Waals surface area contributed by atoms with Crippen molar-refractivity contribution in [2.45, 2.75) is 58.5 Å². The molecule has 17 heavy (non-hydrogen) atoms. The Bertz CT molecular complexity index is 256. The molecule has 0 saturated carbocycles. The number of primary amides is 1. The van der Waals surface area contributed by atoms with Gasteiger partial charge in [-0.15, -0.1) is 0 Å². The van der Waals surface area contributed by atoms with Gasteiger partial charge in [0, 0.05) is 12.6 Å². The van der Waals surface area contributed by atoms with E-state index in [1.54, 1.807) is 4.90 Å². The molecular formula is C12H25N3O2. The van der Waals surface area contributed by atoms with Gasteiger partial charge in [0.15, 0.2) is 0 Å². The summed E-state index contributed by atoms with van der Waals surface area (Å²) < 4.78 is 0. The first kappa shape index (κ1) is 15.9. The molecule has 0 spiro atoms. The van der Waals surface area contributed by atoms with Crippen LogP contribution < -0.4 is 11.5 Å². The molecular weight excluding hydrogens is 218 g/mol. The summed E-state index contributed by atoms with van der Waals surface area (Å²) >= 11 is 0. The van der Waals surface area contributed by atoms with E-state index in [1.807, 2.05) is 13.8 Å². The minimum atomic E-state index is -0.807. The van der Waals surface area contributed by atoms with E-state index in [4.69, 9.17) is 11.5 Å². The van der Waals surface area contributed by atoms with Crippen LogP contribution in [0.5, 0.6) is 0 Å². The average molecular weight is 243 g/mol. The summed E-state index contributed by atoms with van der Waals surface area (Å²) in [5.74, 6) is -0.711. The lowest BCUT2D eigenvalue weighted by Gasteiger charge is -2.30. The Labute approximate surface area is 104 Å². The maximum Gasteiger partial charge on any atom is 0.240 e. The molecule has 0 fully saturated rings. The van der Waals surface area contributed by atoms with Gasteiger partial charge in [-0.2, -0.15) is 0 Å². The molecule has 0 aromatic carbocycles. The second kappa shape index (κ2) is 8.06. The molecule has 2 unspecified atom stereocenters. The molecule has 0 bridgehead atoms. The summed E-state index contributed by atoms with van der Waals surface area (Å²) in [6.07, 6.45) is 2.75. The first-order chi connectivity index (χ1) is 7.93. The summed E-state index contributed by atoms with van der Waals surface area (Å²) in [5, 5.41) is 0. The van der Waals surface area contributed by atoms with Gasteiger partial charge in [-0.3, -0.25) is 9.59 Å². The minimum Gasteiger partial charge on any atom is -0.370 e. The molecule has 100 valence electrons. The third kappa shape index (κ3) is 5.68. The summed E-state index contributed by atoms with van der Waals surface area (Å²) in [4.78, 5) is 24.6. The maximum absolute atomic E-state index is 12.1. The molecule has 0 rings (SSSR count). The third-order valence-electron chi connectivity index (χ3n) is 2.90. The van der Waals surface area contributed by atoms with Gasteiger partial charge in [-0.1, -0.05) is 20.3 Å². The highest BCUT2D eigenvalue weighted by Crippen LogP contribution is 2.08. The monoisotopic (exact) mass is 243 g/mol. The minimum absolute atomic E-state index is 0.0854. The van der Waals surface area contributed by atoms with E-state index in [-0.39, 0.29) is 18.4 Å². The molecule has 0 aromatic rings. The van der Waals surface area contributed by atoms with Crippen LogP contribution in [-0.2, 0) is 9.59 Å². The summed E-state index contributed by atoms with van der Waals surface area (Å²) in [6, 6.07) is -0.661. The predicted octanol–water partition coefficient (Wildman–Crippen LogP) is 0.616. The van der Waals surface area contributed by atoms with Gasteiger partial charge in [0.2, 0.25) is 11.8 Å². The number of hydrogen-bond acceptors (Lipinski definition) is 3. The van der Waals surface area contributed by atoms with Gasteiger partial charge in [-0.25, -0.2) is 0 Å². The molecule has 0 heterocycles. The van der Waals surface area contributed by atoms with E-state index in [2.05, 4.69) is 6.92 Å². The molecule has 0 aliphatic heterocycles. The smallest absolute Gasteiger partial charge is 0.240 e. The molecule has 0 saturated heterocycles. The fourth-order valence-corrected chi connectivity index (χ4v) is 1.61. The lowest BCUT2D eigenvalue weighted by Crippen LogP contribution is -2.49. The van der Waals surface area contributed by atoms with Crippen LogP contribution in [0, 0.1) is 0 Å². The molecule has 0 aliphatic carbocycles. The number of nitrogens with zero attached hydrogens (tertiary/aromatic N) is 1. The van der Waals surface area contributed by atoms with Crippen LogP contribution in [0.3, 0.4) is 0 Å². The largest absolute Gasteiger partial charge is 0.370 e. The number of carbonyl (C=O) groups excluding carboxylic acids is 2. The van der Waals surface area contributed by atoms with Crippen LogP contribution in [0.2, 0.25) is 0 Å². The summed E-state index contributed by atoms with van der Waals surface area (Å²) in [7, 11) is 0. The molecule has 5 heteroatoms. The van der Waals surface area contributed by atoms with E-state index in [0.717, 1.165) is 19.3 Å². The van der Waals surface area contributed by atoms with Crippen molar-refractivity contribution < 1.29 is 9.59 Å². The Balaban J connectivity index is 4.55. The molecule has 5 nitrogen and oxygen atoms in total. The van der Waals surface area contributed by atoms with E-state index in [0.29, 0.717) is 6.54 Å². The summed E-state index contributed by atoms with van der Waals surface area (Å²) in [5.41, 5.74) is 10.7. The van der Waals surface area contributed by atoms with Crippen molar-refractivity contribution in [2.75, 3.05) is 6.54 Å². The van der Waals surface area contributed by atoms with Crippen molar-refractivity contribution in [3.05, 3.63) is 0 Å². The van der Waals surface area contributed by atoms with Crippen LogP contribution >= 0.6 is 0 Å². The number of unbranched alkanes of at least 4 members (excludes halogenated alkanes) is 1. The van der Waals surface area contributed by atoms with Crippen LogP contribution in [0.15, 0.2) is 0 Å². The van der Waals surface area contributed by atoms with E-state index in [1.165, 1.54) is 0 Å². The maximum atomic E-state index is 12.1. The topological polar surface area (TPSA) is 89.4 Å². The van der Waals surface area contributed by atoms with E-state index < -0.39 is 11.9 Å². The zero-order valence-corrected chi connectivity index (χ0v) is 11.1.